The summed E-state index contributed by atoms with van der Waals surface area (Å²) in [4.78, 5) is 16.2. The van der Waals surface area contributed by atoms with Crippen molar-refractivity contribution in [2.45, 2.75) is 30.4 Å². The number of hydrogen-bond donors (Lipinski definition) is 1. The molecule has 2 aromatic heterocycles. The van der Waals surface area contributed by atoms with Gasteiger partial charge in [-0.25, -0.2) is 18.1 Å². The van der Waals surface area contributed by atoms with Crippen LogP contribution in [-0.2, 0) is 34.7 Å². The maximum Gasteiger partial charge on any atom is 0.275 e. The van der Waals surface area contributed by atoms with Gasteiger partial charge in [-0.1, -0.05) is 5.21 Å². The number of carbonyl (C=O) groups excluding carboxylic acids is 1. The maximum atomic E-state index is 12.3. The molecule has 0 spiro atoms. The third-order valence-electron chi connectivity index (χ3n) is 3.66. The minimum absolute atomic E-state index is 0.0528. The van der Waals surface area contributed by atoms with Crippen LogP contribution in [0.5, 0.6) is 0 Å². The summed E-state index contributed by atoms with van der Waals surface area (Å²) in [6, 6.07) is 0. The molecule has 2 heterocycles. The zero-order chi connectivity index (χ0) is 15.9. The number of carbonyl (C=O) groups is 1. The monoisotopic (exact) mass is 341 g/mol. The third kappa shape index (κ3) is 2.75. The van der Waals surface area contributed by atoms with E-state index in [-0.39, 0.29) is 4.21 Å². The Kier molecular flexibility index (Phi) is 3.73. The number of sulfonamides is 1. The van der Waals surface area contributed by atoms with Gasteiger partial charge in [-0.15, -0.1) is 16.4 Å². The Labute approximate surface area is 131 Å². The zero-order valence-corrected chi connectivity index (χ0v) is 13.7. The second-order valence-corrected chi connectivity index (χ2v) is 8.36. The highest BCUT2D eigenvalue weighted by Crippen LogP contribution is 2.24. The SMILES string of the molecule is Cc1ncc(S(=O)(=O)NC(=O)C2CCc3nnn(C)c3C2)s1. The molecule has 22 heavy (non-hydrogen) atoms. The fourth-order valence-corrected chi connectivity index (χ4v) is 4.62. The number of nitrogens with zero attached hydrogens (tertiary/aromatic N) is 4. The Morgan fingerprint density at radius 2 is 2.27 bits per heavy atom. The molecule has 8 nitrogen and oxygen atoms in total. The van der Waals surface area contributed by atoms with Crippen LogP contribution in [0.25, 0.3) is 0 Å². The van der Waals surface area contributed by atoms with Gasteiger partial charge in [0.2, 0.25) is 5.91 Å². The summed E-state index contributed by atoms with van der Waals surface area (Å²) >= 11 is 1.04. The molecule has 1 aliphatic rings. The van der Waals surface area contributed by atoms with Crippen LogP contribution >= 0.6 is 11.3 Å². The molecule has 10 heteroatoms. The quantitative estimate of drug-likeness (QED) is 0.854. The van der Waals surface area contributed by atoms with E-state index in [1.165, 1.54) is 6.20 Å². The first-order valence-electron chi connectivity index (χ1n) is 6.73. The molecule has 0 saturated carbocycles. The maximum absolute atomic E-state index is 12.3. The van der Waals surface area contributed by atoms with E-state index in [2.05, 4.69) is 20.0 Å². The van der Waals surface area contributed by atoms with Gasteiger partial charge in [0, 0.05) is 19.4 Å². The number of aryl methyl sites for hydroxylation is 3. The number of rotatable bonds is 3. The predicted octanol–water partition coefficient (Wildman–Crippen LogP) is 0.190. The van der Waals surface area contributed by atoms with Crippen LogP contribution in [0.2, 0.25) is 0 Å². The molecular formula is C12H15N5O3S2. The molecule has 1 amide bonds. The van der Waals surface area contributed by atoms with Gasteiger partial charge in [-0.3, -0.25) is 9.48 Å². The molecule has 1 atom stereocenters. The first kappa shape index (κ1) is 15.1. The Balaban J connectivity index is 1.74. The molecule has 0 radical (unpaired) electrons. The average Bonchev–Trinajstić information content (AvgIpc) is 3.05. The van der Waals surface area contributed by atoms with Gasteiger partial charge in [-0.05, 0) is 19.8 Å². The smallest absolute Gasteiger partial charge is 0.274 e. The normalized spacial score (nSPS) is 18.0. The Hall–Kier alpha value is -1.81. The van der Waals surface area contributed by atoms with Crippen molar-refractivity contribution in [1.29, 1.82) is 0 Å². The predicted molar refractivity (Wildman–Crippen MR) is 78.7 cm³/mol. The van der Waals surface area contributed by atoms with E-state index < -0.39 is 21.8 Å². The average molecular weight is 341 g/mol. The highest BCUT2D eigenvalue weighted by atomic mass is 32.2. The van der Waals surface area contributed by atoms with Gasteiger partial charge in [0.05, 0.1) is 22.6 Å². The van der Waals surface area contributed by atoms with Crippen molar-refractivity contribution in [3.63, 3.8) is 0 Å². The summed E-state index contributed by atoms with van der Waals surface area (Å²) in [7, 11) is -2.08. The lowest BCUT2D eigenvalue weighted by Crippen LogP contribution is -2.38. The Bertz CT molecular complexity index is 824. The van der Waals surface area contributed by atoms with E-state index in [1.807, 2.05) is 0 Å². The molecular weight excluding hydrogens is 326 g/mol. The molecule has 3 rings (SSSR count). The van der Waals surface area contributed by atoms with Crippen LogP contribution in [0.1, 0.15) is 22.8 Å². The van der Waals surface area contributed by atoms with E-state index in [9.17, 15) is 13.2 Å². The minimum Gasteiger partial charge on any atom is -0.274 e. The van der Waals surface area contributed by atoms with Crippen molar-refractivity contribution in [3.05, 3.63) is 22.6 Å². The van der Waals surface area contributed by atoms with Crippen LogP contribution in [0, 0.1) is 12.8 Å². The van der Waals surface area contributed by atoms with Gasteiger partial charge in [0.25, 0.3) is 10.0 Å². The third-order valence-corrected chi connectivity index (χ3v) is 6.38. The number of aromatic nitrogens is 4. The van der Waals surface area contributed by atoms with E-state index in [0.29, 0.717) is 24.3 Å². The van der Waals surface area contributed by atoms with Crippen molar-refractivity contribution < 1.29 is 13.2 Å². The first-order chi connectivity index (χ1) is 10.4. The summed E-state index contributed by atoms with van der Waals surface area (Å²) in [5.74, 6) is -0.883. The van der Waals surface area contributed by atoms with Crippen molar-refractivity contribution in [1.82, 2.24) is 24.7 Å². The van der Waals surface area contributed by atoms with E-state index in [4.69, 9.17) is 0 Å². The molecule has 2 aromatic rings. The van der Waals surface area contributed by atoms with Crippen molar-refractivity contribution in [2.24, 2.45) is 13.0 Å². The summed E-state index contributed by atoms with van der Waals surface area (Å²) in [5.41, 5.74) is 1.77. The lowest BCUT2D eigenvalue weighted by atomic mass is 9.89. The van der Waals surface area contributed by atoms with Gasteiger partial charge in [0.1, 0.15) is 0 Å². The van der Waals surface area contributed by atoms with E-state index in [1.54, 1.807) is 18.7 Å². The lowest BCUT2D eigenvalue weighted by Gasteiger charge is -2.20. The van der Waals surface area contributed by atoms with Crippen LogP contribution in [0.3, 0.4) is 0 Å². The van der Waals surface area contributed by atoms with E-state index >= 15 is 0 Å². The van der Waals surface area contributed by atoms with E-state index in [0.717, 1.165) is 22.7 Å². The van der Waals surface area contributed by atoms with Crippen LogP contribution < -0.4 is 4.72 Å². The molecule has 0 aromatic carbocycles. The van der Waals surface area contributed by atoms with Crippen LogP contribution in [0.15, 0.2) is 10.4 Å². The molecule has 0 aliphatic heterocycles. The molecule has 0 saturated heterocycles. The minimum atomic E-state index is -3.84. The highest BCUT2D eigenvalue weighted by Gasteiger charge is 2.31. The van der Waals surface area contributed by atoms with Gasteiger partial charge in [0.15, 0.2) is 4.21 Å². The van der Waals surface area contributed by atoms with Crippen molar-refractivity contribution in [2.75, 3.05) is 0 Å². The van der Waals surface area contributed by atoms with Crippen LogP contribution in [0.4, 0.5) is 0 Å². The first-order valence-corrected chi connectivity index (χ1v) is 9.03. The fourth-order valence-electron chi connectivity index (χ4n) is 2.47. The summed E-state index contributed by atoms with van der Waals surface area (Å²) in [6.45, 7) is 1.71. The highest BCUT2D eigenvalue weighted by molar-refractivity contribution is 7.92. The molecule has 1 N–H and O–H groups in total. The molecule has 0 bridgehead atoms. The Morgan fingerprint density at radius 3 is 2.95 bits per heavy atom. The molecule has 0 fully saturated rings. The summed E-state index contributed by atoms with van der Waals surface area (Å²) in [6.07, 6.45) is 2.90. The number of nitrogens with one attached hydrogen (secondary N) is 1. The van der Waals surface area contributed by atoms with Gasteiger partial charge < -0.3 is 0 Å². The molecule has 118 valence electrons. The standard InChI is InChI=1S/C12H15N5O3S2/c1-7-13-6-11(21-7)22(19,20)15-12(18)8-3-4-9-10(5-8)17(2)16-14-9/h6,8H,3-5H2,1-2H3,(H,15,18). The number of amides is 1. The fraction of sp³-hybridized carbons (Fsp3) is 0.500. The summed E-state index contributed by atoms with van der Waals surface area (Å²) in [5, 5.41) is 8.59. The van der Waals surface area contributed by atoms with Gasteiger partial charge >= 0.3 is 0 Å². The summed E-state index contributed by atoms with van der Waals surface area (Å²) < 4.78 is 28.2. The Morgan fingerprint density at radius 1 is 1.50 bits per heavy atom. The molecule has 1 unspecified atom stereocenters. The van der Waals surface area contributed by atoms with Crippen LogP contribution in [-0.4, -0.2) is 34.3 Å². The largest absolute Gasteiger partial charge is 0.275 e. The molecule has 1 aliphatic carbocycles. The van der Waals surface area contributed by atoms with Crippen molar-refractivity contribution in [3.8, 4) is 0 Å². The number of fused-ring (bicyclic) bond motifs is 1. The number of thiazole rings is 1. The second-order valence-electron chi connectivity index (χ2n) is 5.21. The zero-order valence-electron chi connectivity index (χ0n) is 12.1. The second kappa shape index (κ2) is 5.43. The lowest BCUT2D eigenvalue weighted by molar-refractivity contribution is -0.123. The van der Waals surface area contributed by atoms with Gasteiger partial charge in [-0.2, -0.15) is 0 Å². The topological polar surface area (TPSA) is 107 Å². The van der Waals surface area contributed by atoms with Crippen molar-refractivity contribution >= 4 is 27.3 Å². The number of hydrogen-bond acceptors (Lipinski definition) is 7.